The lowest BCUT2D eigenvalue weighted by Gasteiger charge is -2.07. The summed E-state index contributed by atoms with van der Waals surface area (Å²) in [6.07, 6.45) is 0. The maximum absolute atomic E-state index is 11.8. The quantitative estimate of drug-likeness (QED) is 0.401. The monoisotopic (exact) mass is 372 g/mol. The number of thioether (sulfide) groups is 1. The van der Waals surface area contributed by atoms with Crippen LogP contribution < -0.4 is 5.32 Å². The number of nitro groups is 1. The van der Waals surface area contributed by atoms with Gasteiger partial charge in [0.25, 0.3) is 5.69 Å². The van der Waals surface area contributed by atoms with Crippen LogP contribution in [0.2, 0.25) is 0 Å². The summed E-state index contributed by atoms with van der Waals surface area (Å²) in [4.78, 5) is 22.3. The highest BCUT2D eigenvalue weighted by Gasteiger charge is 2.13. The second-order valence-electron chi connectivity index (χ2n) is 5.79. The van der Waals surface area contributed by atoms with E-state index in [1.165, 1.54) is 28.4 Å². The summed E-state index contributed by atoms with van der Waals surface area (Å²) < 4.78 is 1.53. The third-order valence-corrected chi connectivity index (χ3v) is 4.29. The highest BCUT2D eigenvalue weighted by Crippen LogP contribution is 2.23. The smallest absolute Gasteiger partial charge is 0.270 e. The number of carbonyl (C=O) groups is 1. The van der Waals surface area contributed by atoms with E-state index in [4.69, 9.17) is 0 Å². The minimum Gasteiger partial charge on any atom is -0.353 e. The normalized spacial score (nSPS) is 11.0. The maximum Gasteiger partial charge on any atom is 0.270 e. The fraction of sp³-hybridized carbons (Fsp3) is 0.250. The van der Waals surface area contributed by atoms with Gasteiger partial charge in [-0.1, -0.05) is 23.9 Å². The van der Waals surface area contributed by atoms with Crippen molar-refractivity contribution in [2.75, 3.05) is 5.75 Å². The number of benzene rings is 1. The van der Waals surface area contributed by atoms with E-state index in [-0.39, 0.29) is 23.4 Å². The van der Waals surface area contributed by atoms with E-state index in [0.29, 0.717) is 22.1 Å². The molecular formula is C16H16N6O3S. The van der Waals surface area contributed by atoms with E-state index >= 15 is 0 Å². The predicted molar refractivity (Wildman–Crippen MR) is 96.9 cm³/mol. The van der Waals surface area contributed by atoms with E-state index < -0.39 is 4.92 Å². The maximum atomic E-state index is 11.8. The van der Waals surface area contributed by atoms with Gasteiger partial charge >= 0.3 is 0 Å². The van der Waals surface area contributed by atoms with E-state index in [1.54, 1.807) is 24.3 Å². The number of nitro benzene ring substituents is 1. The molecule has 1 amide bonds. The number of hydrogen-bond acceptors (Lipinski definition) is 7. The number of nitrogens with zero attached hydrogens (tertiary/aromatic N) is 5. The van der Waals surface area contributed by atoms with Crippen molar-refractivity contribution in [2.24, 2.45) is 0 Å². The molecule has 0 atom stereocenters. The van der Waals surface area contributed by atoms with Gasteiger partial charge in [0.1, 0.15) is 0 Å². The lowest BCUT2D eigenvalue weighted by atomic mass is 10.1. The minimum absolute atomic E-state index is 0.00638. The Balaban J connectivity index is 1.87. The molecule has 0 radical (unpaired) electrons. The largest absolute Gasteiger partial charge is 0.353 e. The minimum atomic E-state index is -0.449. The van der Waals surface area contributed by atoms with Gasteiger partial charge in [0.05, 0.1) is 16.4 Å². The molecular weight excluding hydrogens is 356 g/mol. The predicted octanol–water partition coefficient (Wildman–Crippen LogP) is 2.32. The van der Waals surface area contributed by atoms with Crippen molar-refractivity contribution < 1.29 is 9.72 Å². The molecule has 0 unspecified atom stereocenters. The number of hydrogen-bond donors (Lipinski definition) is 1. The standard InChI is InChI=1S/C16H16N6O3S/c1-10(2)17-15(23)9-26-16-19-18-14-7-6-13(20-21(14)16)11-4-3-5-12(8-11)22(24)25/h3-8,10H,9H2,1-2H3,(H,17,23). The number of aromatic nitrogens is 4. The van der Waals surface area contributed by atoms with Gasteiger partial charge in [-0.15, -0.1) is 10.2 Å². The zero-order valence-corrected chi connectivity index (χ0v) is 14.9. The Labute approximate surface area is 153 Å². The first-order chi connectivity index (χ1) is 12.4. The van der Waals surface area contributed by atoms with Gasteiger partial charge in [0.2, 0.25) is 11.1 Å². The highest BCUT2D eigenvalue weighted by atomic mass is 32.2. The molecule has 2 heterocycles. The molecule has 3 aromatic rings. The molecule has 9 nitrogen and oxygen atoms in total. The molecule has 1 N–H and O–H groups in total. The average Bonchev–Trinajstić information content (AvgIpc) is 3.01. The number of fused-ring (bicyclic) bond motifs is 1. The molecule has 3 rings (SSSR count). The Kier molecular flexibility index (Phi) is 5.12. The van der Waals surface area contributed by atoms with Crippen LogP contribution >= 0.6 is 11.8 Å². The summed E-state index contributed by atoms with van der Waals surface area (Å²) in [5.41, 5.74) is 1.69. The van der Waals surface area contributed by atoms with E-state index in [0.717, 1.165) is 0 Å². The van der Waals surface area contributed by atoms with Crippen LogP contribution in [0.4, 0.5) is 5.69 Å². The first kappa shape index (κ1) is 17.8. The lowest BCUT2D eigenvalue weighted by molar-refractivity contribution is -0.384. The third kappa shape index (κ3) is 3.97. The zero-order valence-electron chi connectivity index (χ0n) is 14.1. The first-order valence-corrected chi connectivity index (χ1v) is 8.82. The Bertz CT molecular complexity index is 972. The van der Waals surface area contributed by atoms with E-state index in [1.807, 2.05) is 13.8 Å². The summed E-state index contributed by atoms with van der Waals surface area (Å²) in [6, 6.07) is 9.76. The van der Waals surface area contributed by atoms with Crippen LogP contribution in [0.1, 0.15) is 13.8 Å². The van der Waals surface area contributed by atoms with Crippen molar-refractivity contribution in [3.63, 3.8) is 0 Å². The summed E-state index contributed by atoms with van der Waals surface area (Å²) in [7, 11) is 0. The molecule has 26 heavy (non-hydrogen) atoms. The van der Waals surface area contributed by atoms with Crippen LogP contribution in [0.5, 0.6) is 0 Å². The number of carbonyl (C=O) groups excluding carboxylic acids is 1. The molecule has 0 aliphatic heterocycles. The zero-order chi connectivity index (χ0) is 18.7. The molecule has 0 aliphatic rings. The number of rotatable bonds is 6. The molecule has 10 heteroatoms. The summed E-state index contributed by atoms with van der Waals surface area (Å²) in [6.45, 7) is 3.78. The van der Waals surface area contributed by atoms with Crippen LogP contribution in [0, 0.1) is 10.1 Å². The fourth-order valence-electron chi connectivity index (χ4n) is 2.29. The van der Waals surface area contributed by atoms with Crippen molar-refractivity contribution >= 4 is 29.0 Å². The number of non-ortho nitro benzene ring substituents is 1. The van der Waals surface area contributed by atoms with Crippen molar-refractivity contribution in [3.8, 4) is 11.3 Å². The summed E-state index contributed by atoms with van der Waals surface area (Å²) in [5.74, 6) is 0.0957. The highest BCUT2D eigenvalue weighted by molar-refractivity contribution is 7.99. The van der Waals surface area contributed by atoms with Crippen molar-refractivity contribution in [1.82, 2.24) is 25.1 Å². The van der Waals surface area contributed by atoms with Crippen molar-refractivity contribution in [2.45, 2.75) is 25.0 Å². The van der Waals surface area contributed by atoms with Crippen molar-refractivity contribution in [1.29, 1.82) is 0 Å². The van der Waals surface area contributed by atoms with Crippen LogP contribution in [0.25, 0.3) is 16.9 Å². The summed E-state index contributed by atoms with van der Waals surface area (Å²) >= 11 is 1.23. The molecule has 2 aromatic heterocycles. The molecule has 0 fully saturated rings. The molecule has 0 saturated heterocycles. The van der Waals surface area contributed by atoms with Gasteiger partial charge in [-0.05, 0) is 26.0 Å². The average molecular weight is 372 g/mol. The number of nitrogens with one attached hydrogen (secondary N) is 1. The Morgan fingerprint density at radius 1 is 1.31 bits per heavy atom. The fourth-order valence-corrected chi connectivity index (χ4v) is 2.98. The van der Waals surface area contributed by atoms with Crippen molar-refractivity contribution in [3.05, 3.63) is 46.5 Å². The Hall–Kier alpha value is -3.01. The number of amides is 1. The SMILES string of the molecule is CC(C)NC(=O)CSc1nnc2ccc(-c3cccc([N+](=O)[O-])c3)nn12. The van der Waals surface area contributed by atoms with E-state index in [9.17, 15) is 14.9 Å². The summed E-state index contributed by atoms with van der Waals surface area (Å²) in [5, 5.41) is 26.8. The molecule has 0 spiro atoms. The Morgan fingerprint density at radius 3 is 2.85 bits per heavy atom. The third-order valence-electron chi connectivity index (χ3n) is 3.37. The molecule has 134 valence electrons. The van der Waals surface area contributed by atoms with Crippen LogP contribution in [0.15, 0.2) is 41.6 Å². The second kappa shape index (κ2) is 7.48. The molecule has 0 bridgehead atoms. The first-order valence-electron chi connectivity index (χ1n) is 7.83. The van der Waals surface area contributed by atoms with Gasteiger partial charge in [-0.2, -0.15) is 9.61 Å². The van der Waals surface area contributed by atoms with Gasteiger partial charge in [0.15, 0.2) is 5.65 Å². The van der Waals surface area contributed by atoms with Gasteiger partial charge in [-0.3, -0.25) is 14.9 Å². The molecule has 0 aliphatic carbocycles. The van der Waals surface area contributed by atoms with Gasteiger partial charge < -0.3 is 5.32 Å². The van der Waals surface area contributed by atoms with Gasteiger partial charge in [-0.25, -0.2) is 0 Å². The van der Waals surface area contributed by atoms with E-state index in [2.05, 4.69) is 20.6 Å². The topological polar surface area (TPSA) is 115 Å². The van der Waals surface area contributed by atoms with Gasteiger partial charge in [0, 0.05) is 23.7 Å². The molecule has 1 aromatic carbocycles. The van der Waals surface area contributed by atoms with Crippen LogP contribution in [-0.2, 0) is 4.79 Å². The molecule has 0 saturated carbocycles. The second-order valence-corrected chi connectivity index (χ2v) is 6.73. The Morgan fingerprint density at radius 2 is 2.12 bits per heavy atom. The van der Waals surface area contributed by atoms with Crippen LogP contribution in [-0.4, -0.2) is 42.4 Å². The van der Waals surface area contributed by atoms with Crippen LogP contribution in [0.3, 0.4) is 0 Å². The lowest BCUT2D eigenvalue weighted by Crippen LogP contribution is -2.31.